The summed E-state index contributed by atoms with van der Waals surface area (Å²) >= 11 is 0. The van der Waals surface area contributed by atoms with Gasteiger partial charge in [0, 0.05) is 26.1 Å². The van der Waals surface area contributed by atoms with Gasteiger partial charge in [0.15, 0.2) is 0 Å². The van der Waals surface area contributed by atoms with Crippen LogP contribution in [0.4, 0.5) is 0 Å². The van der Waals surface area contributed by atoms with Gasteiger partial charge in [-0.15, -0.1) is 0 Å². The predicted octanol–water partition coefficient (Wildman–Crippen LogP) is -0.312. The molecule has 1 amide bonds. The SMILES string of the molecule is O=C(O)C(NCCC(=O)N1CCOCC1)C1CC1. The Labute approximate surface area is 106 Å². The summed E-state index contributed by atoms with van der Waals surface area (Å²) in [4.78, 5) is 24.6. The van der Waals surface area contributed by atoms with Gasteiger partial charge in [0.05, 0.1) is 13.2 Å². The normalized spacial score (nSPS) is 21.7. The molecule has 6 heteroatoms. The molecule has 1 heterocycles. The molecular weight excluding hydrogens is 236 g/mol. The number of aliphatic carboxylic acids is 1. The number of carboxylic acids is 1. The van der Waals surface area contributed by atoms with Gasteiger partial charge in [0.2, 0.25) is 5.91 Å². The van der Waals surface area contributed by atoms with Crippen LogP contribution in [0.3, 0.4) is 0 Å². The monoisotopic (exact) mass is 256 g/mol. The average molecular weight is 256 g/mol. The standard InChI is InChI=1S/C12H20N2O4/c15-10(14-5-7-18-8-6-14)3-4-13-11(12(16)17)9-1-2-9/h9,11,13H,1-8H2,(H,16,17). The minimum Gasteiger partial charge on any atom is -0.480 e. The van der Waals surface area contributed by atoms with Crippen LogP contribution >= 0.6 is 0 Å². The smallest absolute Gasteiger partial charge is 0.320 e. The molecule has 6 nitrogen and oxygen atoms in total. The van der Waals surface area contributed by atoms with Gasteiger partial charge in [-0.25, -0.2) is 0 Å². The Morgan fingerprint density at radius 2 is 2.00 bits per heavy atom. The Bertz CT molecular complexity index is 311. The second-order valence-corrected chi connectivity index (χ2v) is 4.85. The molecule has 2 fully saturated rings. The summed E-state index contributed by atoms with van der Waals surface area (Å²) in [5.74, 6) is -0.483. The highest BCUT2D eigenvalue weighted by Crippen LogP contribution is 2.32. The quantitative estimate of drug-likeness (QED) is 0.681. The summed E-state index contributed by atoms with van der Waals surface area (Å²) in [5.41, 5.74) is 0. The van der Waals surface area contributed by atoms with Gasteiger partial charge in [-0.2, -0.15) is 0 Å². The predicted molar refractivity (Wildman–Crippen MR) is 64.2 cm³/mol. The number of hydrogen-bond donors (Lipinski definition) is 2. The maximum atomic E-state index is 11.8. The minimum atomic E-state index is -0.809. The second kappa shape index (κ2) is 6.15. The van der Waals surface area contributed by atoms with Gasteiger partial charge in [-0.1, -0.05) is 0 Å². The molecule has 1 aliphatic heterocycles. The molecule has 0 aromatic heterocycles. The number of carbonyl (C=O) groups excluding carboxylic acids is 1. The molecule has 1 saturated heterocycles. The van der Waals surface area contributed by atoms with E-state index < -0.39 is 12.0 Å². The van der Waals surface area contributed by atoms with Crippen LogP contribution in [0.15, 0.2) is 0 Å². The van der Waals surface area contributed by atoms with Gasteiger partial charge in [-0.3, -0.25) is 9.59 Å². The number of amides is 1. The first-order valence-corrected chi connectivity index (χ1v) is 6.50. The zero-order valence-electron chi connectivity index (χ0n) is 10.4. The van der Waals surface area contributed by atoms with E-state index in [1.165, 1.54) is 0 Å². The fraction of sp³-hybridized carbons (Fsp3) is 0.833. The number of carbonyl (C=O) groups is 2. The van der Waals surface area contributed by atoms with Gasteiger partial charge < -0.3 is 20.1 Å². The van der Waals surface area contributed by atoms with Gasteiger partial charge in [0.25, 0.3) is 0 Å². The maximum Gasteiger partial charge on any atom is 0.320 e. The Hall–Kier alpha value is -1.14. The van der Waals surface area contributed by atoms with Crippen LogP contribution in [0.25, 0.3) is 0 Å². The Balaban J connectivity index is 1.67. The lowest BCUT2D eigenvalue weighted by Crippen LogP contribution is -2.44. The van der Waals surface area contributed by atoms with Crippen molar-refractivity contribution in [1.82, 2.24) is 10.2 Å². The van der Waals surface area contributed by atoms with E-state index in [0.29, 0.717) is 39.3 Å². The molecule has 0 radical (unpaired) electrons. The van der Waals surface area contributed by atoms with Crippen LogP contribution in [0.5, 0.6) is 0 Å². The van der Waals surface area contributed by atoms with Crippen LogP contribution in [-0.4, -0.2) is 60.8 Å². The summed E-state index contributed by atoms with van der Waals surface area (Å²) in [6, 6.07) is -0.484. The summed E-state index contributed by atoms with van der Waals surface area (Å²) in [6.45, 7) is 2.91. The summed E-state index contributed by atoms with van der Waals surface area (Å²) < 4.78 is 5.18. The second-order valence-electron chi connectivity index (χ2n) is 4.85. The first kappa shape index (κ1) is 13.3. The molecule has 0 aromatic carbocycles. The van der Waals surface area contributed by atoms with Crippen molar-refractivity contribution in [2.75, 3.05) is 32.8 Å². The van der Waals surface area contributed by atoms with Crippen LogP contribution in [-0.2, 0) is 14.3 Å². The molecule has 18 heavy (non-hydrogen) atoms. The highest BCUT2D eigenvalue weighted by atomic mass is 16.5. The fourth-order valence-electron chi connectivity index (χ4n) is 2.19. The highest BCUT2D eigenvalue weighted by Gasteiger charge is 2.35. The summed E-state index contributed by atoms with van der Waals surface area (Å²) in [7, 11) is 0. The van der Waals surface area contributed by atoms with Crippen LogP contribution in [0.1, 0.15) is 19.3 Å². The molecule has 102 valence electrons. The molecule has 1 atom stereocenters. The minimum absolute atomic E-state index is 0.0748. The zero-order chi connectivity index (χ0) is 13.0. The van der Waals surface area contributed by atoms with E-state index in [1.54, 1.807) is 4.90 Å². The fourth-order valence-corrected chi connectivity index (χ4v) is 2.19. The van der Waals surface area contributed by atoms with Crippen LogP contribution in [0, 0.1) is 5.92 Å². The van der Waals surface area contributed by atoms with E-state index in [4.69, 9.17) is 9.84 Å². The lowest BCUT2D eigenvalue weighted by molar-refractivity contribution is -0.140. The van der Waals surface area contributed by atoms with Crippen molar-refractivity contribution >= 4 is 11.9 Å². The van der Waals surface area contributed by atoms with Crippen molar-refractivity contribution in [2.24, 2.45) is 5.92 Å². The van der Waals surface area contributed by atoms with Gasteiger partial charge >= 0.3 is 5.97 Å². The first-order valence-electron chi connectivity index (χ1n) is 6.50. The molecular formula is C12H20N2O4. The third kappa shape index (κ3) is 3.68. The highest BCUT2D eigenvalue weighted by molar-refractivity contribution is 5.77. The van der Waals surface area contributed by atoms with Crippen molar-refractivity contribution in [1.29, 1.82) is 0 Å². The van der Waals surface area contributed by atoms with Crippen molar-refractivity contribution < 1.29 is 19.4 Å². The summed E-state index contributed by atoms with van der Waals surface area (Å²) in [6.07, 6.45) is 2.30. The largest absolute Gasteiger partial charge is 0.480 e. The molecule has 1 saturated carbocycles. The lowest BCUT2D eigenvalue weighted by atomic mass is 10.2. The maximum absolute atomic E-state index is 11.8. The first-order chi connectivity index (χ1) is 8.68. The van der Waals surface area contributed by atoms with Crippen molar-refractivity contribution in [3.8, 4) is 0 Å². The van der Waals surface area contributed by atoms with Crippen molar-refractivity contribution in [3.05, 3.63) is 0 Å². The van der Waals surface area contributed by atoms with E-state index in [9.17, 15) is 9.59 Å². The van der Waals surface area contributed by atoms with Gasteiger partial charge in [0.1, 0.15) is 6.04 Å². The molecule has 0 aromatic rings. The Morgan fingerprint density at radius 3 is 2.56 bits per heavy atom. The van der Waals surface area contributed by atoms with Crippen LogP contribution < -0.4 is 5.32 Å². The molecule has 1 unspecified atom stereocenters. The number of nitrogens with zero attached hydrogens (tertiary/aromatic N) is 1. The molecule has 2 rings (SSSR count). The number of hydrogen-bond acceptors (Lipinski definition) is 4. The van der Waals surface area contributed by atoms with E-state index in [2.05, 4.69) is 5.32 Å². The lowest BCUT2D eigenvalue weighted by Gasteiger charge is -2.27. The topological polar surface area (TPSA) is 78.9 Å². The third-order valence-electron chi connectivity index (χ3n) is 3.43. The van der Waals surface area contributed by atoms with Crippen LogP contribution in [0.2, 0.25) is 0 Å². The number of morpholine rings is 1. The number of nitrogens with one attached hydrogen (secondary N) is 1. The number of rotatable bonds is 6. The molecule has 1 aliphatic carbocycles. The average Bonchev–Trinajstić information content (AvgIpc) is 3.19. The van der Waals surface area contributed by atoms with Gasteiger partial charge in [-0.05, 0) is 18.8 Å². The van der Waals surface area contributed by atoms with E-state index in [-0.39, 0.29) is 11.8 Å². The molecule has 2 aliphatic rings. The molecule has 2 N–H and O–H groups in total. The zero-order valence-corrected chi connectivity index (χ0v) is 10.4. The van der Waals surface area contributed by atoms with E-state index in [1.807, 2.05) is 0 Å². The third-order valence-corrected chi connectivity index (χ3v) is 3.43. The summed E-state index contributed by atoms with van der Waals surface area (Å²) in [5, 5.41) is 12.0. The molecule has 0 spiro atoms. The van der Waals surface area contributed by atoms with E-state index in [0.717, 1.165) is 12.8 Å². The Kier molecular flexibility index (Phi) is 4.54. The Morgan fingerprint density at radius 1 is 1.33 bits per heavy atom. The molecule has 0 bridgehead atoms. The van der Waals surface area contributed by atoms with E-state index >= 15 is 0 Å². The number of ether oxygens (including phenoxy) is 1. The van der Waals surface area contributed by atoms with Crippen molar-refractivity contribution in [2.45, 2.75) is 25.3 Å². The number of carboxylic acid groups (broad SMARTS) is 1. The van der Waals surface area contributed by atoms with Crippen molar-refractivity contribution in [3.63, 3.8) is 0 Å².